The predicted molar refractivity (Wildman–Crippen MR) is 43.2 cm³/mol. The first-order valence-electron chi connectivity index (χ1n) is 3.72. The molecule has 12 heavy (non-hydrogen) atoms. The maximum Gasteiger partial charge on any atom is 0.208 e. The predicted octanol–water partition coefficient (Wildman–Crippen LogP) is -0.701. The molecule has 1 aliphatic rings. The van der Waals surface area contributed by atoms with Crippen LogP contribution in [0.15, 0.2) is 0 Å². The molecule has 72 valence electrons. The summed E-state index contributed by atoms with van der Waals surface area (Å²) in [5.74, 6) is 0. The third kappa shape index (κ3) is 4.01. The molecule has 0 amide bonds. The first kappa shape index (κ1) is 9.91. The molecule has 6 heteroatoms. The van der Waals surface area contributed by atoms with Crippen LogP contribution in [0.3, 0.4) is 0 Å². The Bertz CT molecular complexity index is 220. The van der Waals surface area contributed by atoms with E-state index in [9.17, 15) is 8.42 Å². The quantitative estimate of drug-likeness (QED) is 0.646. The van der Waals surface area contributed by atoms with Gasteiger partial charge in [-0.2, -0.15) is 0 Å². The lowest BCUT2D eigenvalue weighted by atomic mass is 10.2. The molecule has 0 spiro atoms. The van der Waals surface area contributed by atoms with Gasteiger partial charge in [0.25, 0.3) is 0 Å². The highest BCUT2D eigenvalue weighted by atomic mass is 32.2. The summed E-state index contributed by atoms with van der Waals surface area (Å²) in [6, 6.07) is 0. The zero-order valence-electron chi connectivity index (χ0n) is 6.95. The summed E-state index contributed by atoms with van der Waals surface area (Å²) in [5.41, 5.74) is 0. The van der Waals surface area contributed by atoms with Gasteiger partial charge in [0.05, 0.1) is 19.0 Å². The number of sulfonamides is 1. The number of hydrogen-bond acceptors (Lipinski definition) is 4. The highest BCUT2D eigenvalue weighted by Gasteiger charge is 2.15. The molecule has 1 saturated heterocycles. The Balaban J connectivity index is 2.22. The lowest BCUT2D eigenvalue weighted by Crippen LogP contribution is -2.36. The Hall–Kier alpha value is -0.170. The molecule has 0 aromatic carbocycles. The lowest BCUT2D eigenvalue weighted by Gasteiger charge is -2.22. The van der Waals surface area contributed by atoms with E-state index in [4.69, 9.17) is 9.47 Å². The van der Waals surface area contributed by atoms with Crippen LogP contribution >= 0.6 is 0 Å². The minimum Gasteiger partial charge on any atom is -0.355 e. The SMILES string of the molecule is CS(=O)(=O)NCC1CCOCO1. The van der Waals surface area contributed by atoms with Gasteiger partial charge in [-0.1, -0.05) is 0 Å². The van der Waals surface area contributed by atoms with Crippen LogP contribution in [0.4, 0.5) is 0 Å². The van der Waals surface area contributed by atoms with Gasteiger partial charge in [0.2, 0.25) is 10.0 Å². The van der Waals surface area contributed by atoms with E-state index in [1.165, 1.54) is 0 Å². The molecule has 0 radical (unpaired) electrons. The van der Waals surface area contributed by atoms with E-state index in [1.807, 2.05) is 0 Å². The number of ether oxygens (including phenoxy) is 2. The van der Waals surface area contributed by atoms with Crippen molar-refractivity contribution in [3.63, 3.8) is 0 Å². The summed E-state index contributed by atoms with van der Waals surface area (Å²) >= 11 is 0. The van der Waals surface area contributed by atoms with Crippen molar-refractivity contribution in [3.8, 4) is 0 Å². The second-order valence-electron chi connectivity index (χ2n) is 2.72. The van der Waals surface area contributed by atoms with Crippen LogP contribution in [-0.2, 0) is 19.5 Å². The van der Waals surface area contributed by atoms with Gasteiger partial charge in [-0.25, -0.2) is 13.1 Å². The molecule has 1 heterocycles. The second-order valence-corrected chi connectivity index (χ2v) is 4.56. The summed E-state index contributed by atoms with van der Waals surface area (Å²) in [7, 11) is -3.09. The molecule has 0 bridgehead atoms. The summed E-state index contributed by atoms with van der Waals surface area (Å²) in [4.78, 5) is 0. The summed E-state index contributed by atoms with van der Waals surface area (Å²) < 4.78 is 33.8. The summed E-state index contributed by atoms with van der Waals surface area (Å²) in [5, 5.41) is 0. The van der Waals surface area contributed by atoms with Gasteiger partial charge in [-0.15, -0.1) is 0 Å². The smallest absolute Gasteiger partial charge is 0.208 e. The van der Waals surface area contributed by atoms with Gasteiger partial charge in [-0.3, -0.25) is 0 Å². The molecule has 0 aromatic rings. The Morgan fingerprint density at radius 1 is 1.58 bits per heavy atom. The van der Waals surface area contributed by atoms with Crippen molar-refractivity contribution in [2.45, 2.75) is 12.5 Å². The molecule has 1 atom stereocenters. The monoisotopic (exact) mass is 195 g/mol. The van der Waals surface area contributed by atoms with Crippen LogP contribution in [0.1, 0.15) is 6.42 Å². The molecule has 1 aliphatic heterocycles. The topological polar surface area (TPSA) is 64.6 Å². The zero-order chi connectivity index (χ0) is 9.03. The Morgan fingerprint density at radius 3 is 2.83 bits per heavy atom. The van der Waals surface area contributed by atoms with E-state index in [2.05, 4.69) is 4.72 Å². The number of rotatable bonds is 3. The van der Waals surface area contributed by atoms with Crippen molar-refractivity contribution in [1.82, 2.24) is 4.72 Å². The largest absolute Gasteiger partial charge is 0.355 e. The van der Waals surface area contributed by atoms with Gasteiger partial charge in [0.15, 0.2) is 0 Å². The molecular weight excluding hydrogens is 182 g/mol. The minimum absolute atomic E-state index is 0.0477. The fourth-order valence-corrected chi connectivity index (χ4v) is 1.40. The Kier molecular flexibility index (Phi) is 3.45. The average Bonchev–Trinajstić information content (AvgIpc) is 2.02. The summed E-state index contributed by atoms with van der Waals surface area (Å²) in [6.07, 6.45) is 1.82. The van der Waals surface area contributed by atoms with Crippen molar-refractivity contribution in [1.29, 1.82) is 0 Å². The van der Waals surface area contributed by atoms with Crippen LogP contribution in [0.2, 0.25) is 0 Å². The van der Waals surface area contributed by atoms with E-state index < -0.39 is 10.0 Å². The van der Waals surface area contributed by atoms with Gasteiger partial charge >= 0.3 is 0 Å². The van der Waals surface area contributed by atoms with Crippen LogP contribution in [-0.4, -0.2) is 40.7 Å². The van der Waals surface area contributed by atoms with Gasteiger partial charge < -0.3 is 9.47 Å². The average molecular weight is 195 g/mol. The van der Waals surface area contributed by atoms with Gasteiger partial charge in [0, 0.05) is 6.54 Å². The lowest BCUT2D eigenvalue weighted by molar-refractivity contribution is -0.136. The molecule has 1 unspecified atom stereocenters. The van der Waals surface area contributed by atoms with Gasteiger partial charge in [-0.05, 0) is 6.42 Å². The molecule has 5 nitrogen and oxygen atoms in total. The fraction of sp³-hybridized carbons (Fsp3) is 1.00. The molecule has 0 saturated carbocycles. The van der Waals surface area contributed by atoms with E-state index >= 15 is 0 Å². The maximum atomic E-state index is 10.7. The molecule has 1 N–H and O–H groups in total. The number of nitrogens with one attached hydrogen (secondary N) is 1. The van der Waals surface area contributed by atoms with Crippen molar-refractivity contribution in [2.24, 2.45) is 0 Å². The zero-order valence-corrected chi connectivity index (χ0v) is 7.76. The highest BCUT2D eigenvalue weighted by Crippen LogP contribution is 2.04. The van der Waals surface area contributed by atoms with Crippen molar-refractivity contribution in [2.75, 3.05) is 26.2 Å². The van der Waals surface area contributed by atoms with Crippen LogP contribution in [0.25, 0.3) is 0 Å². The summed E-state index contributed by atoms with van der Waals surface area (Å²) in [6.45, 7) is 1.23. The molecular formula is C6H13NO4S. The van der Waals surface area contributed by atoms with Crippen molar-refractivity contribution < 1.29 is 17.9 Å². The highest BCUT2D eigenvalue weighted by molar-refractivity contribution is 7.88. The normalized spacial score (nSPS) is 25.6. The maximum absolute atomic E-state index is 10.7. The van der Waals surface area contributed by atoms with Crippen molar-refractivity contribution >= 4 is 10.0 Å². The van der Waals surface area contributed by atoms with E-state index in [-0.39, 0.29) is 12.9 Å². The van der Waals surface area contributed by atoms with Crippen LogP contribution in [0.5, 0.6) is 0 Å². The van der Waals surface area contributed by atoms with Crippen molar-refractivity contribution in [3.05, 3.63) is 0 Å². The van der Waals surface area contributed by atoms with Gasteiger partial charge in [0.1, 0.15) is 6.79 Å². The number of hydrogen-bond donors (Lipinski definition) is 1. The first-order chi connectivity index (χ1) is 5.58. The molecule has 0 aromatic heterocycles. The van der Waals surface area contributed by atoms with E-state index in [0.717, 1.165) is 12.7 Å². The minimum atomic E-state index is -3.09. The standard InChI is InChI=1S/C6H13NO4S/c1-12(8,9)7-4-6-2-3-10-5-11-6/h6-7H,2-5H2,1H3. The van der Waals surface area contributed by atoms with E-state index in [1.54, 1.807) is 0 Å². The third-order valence-electron chi connectivity index (χ3n) is 1.54. The third-order valence-corrected chi connectivity index (χ3v) is 2.24. The Labute approximate surface area is 72.1 Å². The first-order valence-corrected chi connectivity index (χ1v) is 5.61. The fourth-order valence-electron chi connectivity index (χ4n) is 0.907. The molecule has 0 aliphatic carbocycles. The van der Waals surface area contributed by atoms with E-state index in [0.29, 0.717) is 13.2 Å². The molecule has 1 rings (SSSR count). The van der Waals surface area contributed by atoms with Crippen LogP contribution in [0, 0.1) is 0 Å². The Morgan fingerprint density at radius 2 is 2.33 bits per heavy atom. The van der Waals surface area contributed by atoms with Crippen LogP contribution < -0.4 is 4.72 Å². The second kappa shape index (κ2) is 4.18. The molecule has 1 fully saturated rings.